The van der Waals surface area contributed by atoms with Crippen molar-refractivity contribution in [2.45, 2.75) is 45.1 Å². The van der Waals surface area contributed by atoms with E-state index in [9.17, 15) is 0 Å². The molecule has 21 heavy (non-hydrogen) atoms. The minimum absolute atomic E-state index is 0.380. The van der Waals surface area contributed by atoms with Gasteiger partial charge in [0.1, 0.15) is 12.2 Å². The van der Waals surface area contributed by atoms with Crippen LogP contribution in [0.25, 0.3) is 0 Å². The molecule has 4 nitrogen and oxygen atoms in total. The topological polar surface area (TPSA) is 42.7 Å². The summed E-state index contributed by atoms with van der Waals surface area (Å²) in [5, 5.41) is 11.6. The van der Waals surface area contributed by atoms with Crippen molar-refractivity contribution >= 4 is 0 Å². The average Bonchev–Trinajstić information content (AvgIpc) is 2.92. The standard InChI is InChI=1S/C17H24N4/c1-13(18-10-9-17-20-19-12-21(17)2)15-8-7-14-5-3-4-6-16(14)11-15/h7-8,11-13,18H,3-6,9-10H2,1-2H3. The van der Waals surface area contributed by atoms with Gasteiger partial charge < -0.3 is 9.88 Å². The predicted octanol–water partition coefficient (Wildman–Crippen LogP) is 2.59. The molecule has 2 aromatic rings. The molecule has 1 heterocycles. The molecule has 0 aliphatic heterocycles. The molecular formula is C17H24N4. The van der Waals surface area contributed by atoms with Crippen LogP contribution in [0.4, 0.5) is 0 Å². The molecule has 1 aliphatic carbocycles. The van der Waals surface area contributed by atoms with Crippen LogP contribution in [0.15, 0.2) is 24.5 Å². The second-order valence-corrected chi connectivity index (χ2v) is 6.02. The Morgan fingerprint density at radius 1 is 1.24 bits per heavy atom. The molecule has 1 aromatic carbocycles. The molecule has 0 saturated carbocycles. The van der Waals surface area contributed by atoms with Gasteiger partial charge >= 0.3 is 0 Å². The highest BCUT2D eigenvalue weighted by Gasteiger charge is 2.12. The number of hydrogen-bond acceptors (Lipinski definition) is 3. The Morgan fingerprint density at radius 2 is 2.05 bits per heavy atom. The zero-order valence-electron chi connectivity index (χ0n) is 13.0. The van der Waals surface area contributed by atoms with Crippen molar-refractivity contribution in [2.75, 3.05) is 6.54 Å². The van der Waals surface area contributed by atoms with Crippen LogP contribution >= 0.6 is 0 Å². The summed E-state index contributed by atoms with van der Waals surface area (Å²) in [6, 6.07) is 7.38. The Morgan fingerprint density at radius 3 is 2.81 bits per heavy atom. The van der Waals surface area contributed by atoms with E-state index < -0.39 is 0 Å². The number of fused-ring (bicyclic) bond motifs is 1. The third-order valence-electron chi connectivity index (χ3n) is 4.48. The first-order valence-corrected chi connectivity index (χ1v) is 7.92. The molecule has 0 saturated heterocycles. The van der Waals surface area contributed by atoms with Crippen molar-refractivity contribution in [1.29, 1.82) is 0 Å². The number of aryl methyl sites for hydroxylation is 3. The molecule has 1 atom stereocenters. The molecule has 0 bridgehead atoms. The van der Waals surface area contributed by atoms with Crippen LogP contribution in [0.1, 0.15) is 48.3 Å². The van der Waals surface area contributed by atoms with Crippen LogP contribution in [-0.4, -0.2) is 21.3 Å². The van der Waals surface area contributed by atoms with Gasteiger partial charge in [0.05, 0.1) is 0 Å². The maximum Gasteiger partial charge on any atom is 0.133 e. The lowest BCUT2D eigenvalue weighted by Crippen LogP contribution is -2.22. The van der Waals surface area contributed by atoms with E-state index in [0.29, 0.717) is 6.04 Å². The highest BCUT2D eigenvalue weighted by molar-refractivity contribution is 5.35. The van der Waals surface area contributed by atoms with E-state index in [-0.39, 0.29) is 0 Å². The summed E-state index contributed by atoms with van der Waals surface area (Å²) < 4.78 is 1.98. The third kappa shape index (κ3) is 3.32. The van der Waals surface area contributed by atoms with Crippen molar-refractivity contribution in [3.8, 4) is 0 Å². The summed E-state index contributed by atoms with van der Waals surface area (Å²) in [6.07, 6.45) is 7.84. The normalized spacial score (nSPS) is 15.7. The van der Waals surface area contributed by atoms with E-state index in [0.717, 1.165) is 18.8 Å². The van der Waals surface area contributed by atoms with Crippen molar-refractivity contribution in [1.82, 2.24) is 20.1 Å². The van der Waals surface area contributed by atoms with Crippen LogP contribution in [0.3, 0.4) is 0 Å². The molecular weight excluding hydrogens is 260 g/mol. The lowest BCUT2D eigenvalue weighted by molar-refractivity contribution is 0.562. The number of nitrogens with one attached hydrogen (secondary N) is 1. The van der Waals surface area contributed by atoms with E-state index in [2.05, 4.69) is 40.6 Å². The number of rotatable bonds is 5. The number of aromatic nitrogens is 3. The first-order chi connectivity index (χ1) is 10.2. The Balaban J connectivity index is 1.58. The van der Waals surface area contributed by atoms with Gasteiger partial charge in [-0.1, -0.05) is 18.2 Å². The van der Waals surface area contributed by atoms with Crippen molar-refractivity contribution < 1.29 is 0 Å². The van der Waals surface area contributed by atoms with Crippen LogP contribution < -0.4 is 5.32 Å². The molecule has 112 valence electrons. The molecule has 4 heteroatoms. The van der Waals surface area contributed by atoms with Crippen molar-refractivity contribution in [2.24, 2.45) is 7.05 Å². The summed E-state index contributed by atoms with van der Waals surface area (Å²) in [4.78, 5) is 0. The van der Waals surface area contributed by atoms with E-state index in [4.69, 9.17) is 0 Å². The monoisotopic (exact) mass is 284 g/mol. The minimum Gasteiger partial charge on any atom is -0.321 e. The van der Waals surface area contributed by atoms with E-state index in [1.807, 2.05) is 11.6 Å². The van der Waals surface area contributed by atoms with Crippen molar-refractivity contribution in [3.63, 3.8) is 0 Å². The maximum atomic E-state index is 4.12. The van der Waals surface area contributed by atoms with Crippen LogP contribution in [0, 0.1) is 0 Å². The van der Waals surface area contributed by atoms with Crippen LogP contribution in [0.2, 0.25) is 0 Å². The van der Waals surface area contributed by atoms with Gasteiger partial charge in [-0.15, -0.1) is 10.2 Å². The second kappa shape index (κ2) is 6.39. The highest BCUT2D eigenvalue weighted by atomic mass is 15.2. The van der Waals surface area contributed by atoms with Gasteiger partial charge in [-0.3, -0.25) is 0 Å². The molecule has 1 N–H and O–H groups in total. The van der Waals surface area contributed by atoms with Gasteiger partial charge in [-0.2, -0.15) is 0 Å². The number of hydrogen-bond donors (Lipinski definition) is 1. The molecule has 1 aliphatic rings. The fraction of sp³-hybridized carbons (Fsp3) is 0.529. The van der Waals surface area contributed by atoms with E-state index in [1.54, 1.807) is 17.5 Å². The molecule has 0 amide bonds. The Bertz CT molecular complexity index is 603. The smallest absolute Gasteiger partial charge is 0.133 e. The third-order valence-corrected chi connectivity index (χ3v) is 4.48. The molecule has 1 unspecified atom stereocenters. The lowest BCUT2D eigenvalue weighted by atomic mass is 9.89. The Labute approximate surface area is 126 Å². The highest BCUT2D eigenvalue weighted by Crippen LogP contribution is 2.24. The number of benzene rings is 1. The maximum absolute atomic E-state index is 4.12. The van der Waals surface area contributed by atoms with E-state index in [1.165, 1.54) is 31.2 Å². The van der Waals surface area contributed by atoms with Crippen LogP contribution in [-0.2, 0) is 26.3 Å². The molecule has 0 fully saturated rings. The van der Waals surface area contributed by atoms with Gasteiger partial charge in [-0.05, 0) is 49.3 Å². The van der Waals surface area contributed by atoms with E-state index >= 15 is 0 Å². The summed E-state index contributed by atoms with van der Waals surface area (Å²) >= 11 is 0. The SMILES string of the molecule is CC(NCCc1nncn1C)c1ccc2c(c1)CCCC2. The Hall–Kier alpha value is -1.68. The van der Waals surface area contributed by atoms with Gasteiger partial charge in [0.25, 0.3) is 0 Å². The fourth-order valence-electron chi connectivity index (χ4n) is 3.07. The van der Waals surface area contributed by atoms with Gasteiger partial charge in [0.15, 0.2) is 0 Å². The quantitative estimate of drug-likeness (QED) is 0.917. The molecule has 0 radical (unpaired) electrons. The number of nitrogens with zero attached hydrogens (tertiary/aromatic N) is 3. The summed E-state index contributed by atoms with van der Waals surface area (Å²) in [5.41, 5.74) is 4.51. The fourth-order valence-corrected chi connectivity index (χ4v) is 3.07. The largest absolute Gasteiger partial charge is 0.321 e. The van der Waals surface area contributed by atoms with Crippen molar-refractivity contribution in [3.05, 3.63) is 47.0 Å². The first-order valence-electron chi connectivity index (χ1n) is 7.92. The van der Waals surface area contributed by atoms with Crippen LogP contribution in [0.5, 0.6) is 0 Å². The zero-order chi connectivity index (χ0) is 14.7. The Kier molecular flexibility index (Phi) is 4.34. The van der Waals surface area contributed by atoms with Gasteiger partial charge in [-0.25, -0.2) is 0 Å². The molecule has 3 rings (SSSR count). The molecule has 1 aromatic heterocycles. The van der Waals surface area contributed by atoms with Gasteiger partial charge in [0.2, 0.25) is 0 Å². The first kappa shape index (κ1) is 14.3. The summed E-state index contributed by atoms with van der Waals surface area (Å²) in [6.45, 7) is 3.16. The second-order valence-electron chi connectivity index (χ2n) is 6.02. The molecule has 0 spiro atoms. The predicted molar refractivity (Wildman–Crippen MR) is 84.2 cm³/mol. The minimum atomic E-state index is 0.380. The lowest BCUT2D eigenvalue weighted by Gasteiger charge is -2.20. The van der Waals surface area contributed by atoms with Gasteiger partial charge in [0, 0.05) is 26.1 Å². The summed E-state index contributed by atoms with van der Waals surface area (Å²) in [7, 11) is 1.99. The zero-order valence-corrected chi connectivity index (χ0v) is 13.0. The summed E-state index contributed by atoms with van der Waals surface area (Å²) in [5.74, 6) is 1.03. The average molecular weight is 284 g/mol.